The summed E-state index contributed by atoms with van der Waals surface area (Å²) in [4.78, 5) is 23.4. The lowest BCUT2D eigenvalue weighted by Crippen LogP contribution is -2.36. The molecule has 0 radical (unpaired) electrons. The highest BCUT2D eigenvalue weighted by Gasteiger charge is 2.42. The van der Waals surface area contributed by atoms with Crippen LogP contribution in [0.25, 0.3) is 0 Å². The van der Waals surface area contributed by atoms with Crippen molar-refractivity contribution in [2.75, 3.05) is 19.0 Å². The molecule has 0 aliphatic carbocycles. The van der Waals surface area contributed by atoms with Gasteiger partial charge in [0.15, 0.2) is 0 Å². The third-order valence-electron chi connectivity index (χ3n) is 5.52. The molecule has 2 aliphatic rings. The van der Waals surface area contributed by atoms with E-state index in [4.69, 9.17) is 4.74 Å². The Labute approximate surface area is 169 Å². The zero-order chi connectivity index (χ0) is 19.3. The van der Waals surface area contributed by atoms with Crippen molar-refractivity contribution in [1.29, 1.82) is 0 Å². The molecule has 2 amide bonds. The summed E-state index contributed by atoms with van der Waals surface area (Å²) in [6.07, 6.45) is 12.8. The number of urea groups is 1. The number of ketones is 1. The van der Waals surface area contributed by atoms with Gasteiger partial charge in [-0.15, -0.1) is 0 Å². The van der Waals surface area contributed by atoms with Crippen molar-refractivity contribution in [3.63, 3.8) is 0 Å². The molecule has 0 bridgehead atoms. The molecule has 0 spiro atoms. The van der Waals surface area contributed by atoms with Crippen LogP contribution in [0.1, 0.15) is 84.0 Å². The van der Waals surface area contributed by atoms with E-state index in [0.29, 0.717) is 23.5 Å². The summed E-state index contributed by atoms with van der Waals surface area (Å²) in [7, 11) is 0. The first-order valence-electron chi connectivity index (χ1n) is 11.0. The van der Waals surface area contributed by atoms with Gasteiger partial charge in [0.25, 0.3) is 0 Å². The number of hydrogen-bond donors (Lipinski definition) is 2. The quantitative estimate of drug-likeness (QED) is 0.298. The number of carbonyl (C=O) groups excluding carboxylic acids is 2. The van der Waals surface area contributed by atoms with Gasteiger partial charge in [-0.3, -0.25) is 4.79 Å². The summed E-state index contributed by atoms with van der Waals surface area (Å²) in [6, 6.07) is 0.564. The van der Waals surface area contributed by atoms with Gasteiger partial charge in [0, 0.05) is 37.1 Å². The largest absolute Gasteiger partial charge is 0.381 e. The van der Waals surface area contributed by atoms with Gasteiger partial charge in [0.2, 0.25) is 0 Å². The van der Waals surface area contributed by atoms with Crippen molar-refractivity contribution in [3.8, 4) is 0 Å². The third kappa shape index (κ3) is 8.86. The lowest BCUT2D eigenvalue weighted by Gasteiger charge is -2.16. The zero-order valence-electron chi connectivity index (χ0n) is 17.0. The number of fused-ring (bicyclic) bond motifs is 1. The van der Waals surface area contributed by atoms with E-state index in [2.05, 4.69) is 17.6 Å². The van der Waals surface area contributed by atoms with Crippen LogP contribution in [0, 0.1) is 0 Å². The van der Waals surface area contributed by atoms with Crippen LogP contribution < -0.4 is 10.6 Å². The Bertz CT molecular complexity index is 447. The Balaban J connectivity index is 1.36. The van der Waals surface area contributed by atoms with Crippen LogP contribution in [0.4, 0.5) is 4.79 Å². The molecule has 2 fully saturated rings. The van der Waals surface area contributed by atoms with Gasteiger partial charge >= 0.3 is 6.03 Å². The first-order chi connectivity index (χ1) is 13.2. The van der Waals surface area contributed by atoms with Crippen molar-refractivity contribution in [1.82, 2.24) is 10.6 Å². The normalized spacial score (nSPS) is 23.9. The number of Topliss-reactive ketones (excluding diaryl/α,β-unsaturated/α-hetero) is 1. The second kappa shape index (κ2) is 13.4. The molecule has 6 heteroatoms. The van der Waals surface area contributed by atoms with E-state index in [-0.39, 0.29) is 12.1 Å². The highest BCUT2D eigenvalue weighted by Crippen LogP contribution is 2.33. The summed E-state index contributed by atoms with van der Waals surface area (Å²) in [6.45, 7) is 3.95. The molecule has 3 atom stereocenters. The molecule has 2 saturated heterocycles. The van der Waals surface area contributed by atoms with E-state index in [1.807, 2.05) is 11.8 Å². The van der Waals surface area contributed by atoms with E-state index in [0.717, 1.165) is 63.9 Å². The van der Waals surface area contributed by atoms with Crippen LogP contribution >= 0.6 is 11.8 Å². The van der Waals surface area contributed by atoms with Crippen molar-refractivity contribution in [2.45, 2.75) is 101 Å². The maximum absolute atomic E-state index is 12.0. The molecule has 2 rings (SSSR count). The second-order valence-corrected chi connectivity index (χ2v) is 9.16. The molecule has 156 valence electrons. The number of thioether (sulfide) groups is 1. The van der Waals surface area contributed by atoms with Crippen LogP contribution in [0.2, 0.25) is 0 Å². The Hall–Kier alpha value is -0.750. The molecule has 2 aliphatic heterocycles. The molecule has 3 unspecified atom stereocenters. The summed E-state index contributed by atoms with van der Waals surface area (Å²) in [5, 5.41) is 6.51. The van der Waals surface area contributed by atoms with E-state index < -0.39 is 0 Å². The van der Waals surface area contributed by atoms with Gasteiger partial charge in [-0.25, -0.2) is 4.79 Å². The van der Waals surface area contributed by atoms with Crippen LogP contribution in [0.5, 0.6) is 0 Å². The zero-order valence-corrected chi connectivity index (χ0v) is 17.8. The molecule has 5 nitrogen and oxygen atoms in total. The Morgan fingerprint density at radius 1 is 1.00 bits per heavy atom. The second-order valence-electron chi connectivity index (χ2n) is 7.89. The Morgan fingerprint density at radius 2 is 1.70 bits per heavy atom. The summed E-state index contributed by atoms with van der Waals surface area (Å²) in [5.74, 6) is 1.42. The summed E-state index contributed by atoms with van der Waals surface area (Å²) < 4.78 is 5.63. The average Bonchev–Trinajstić information content (AvgIpc) is 3.20. The number of unbranched alkanes of at least 4 members (excludes halogenated alkanes) is 6. The van der Waals surface area contributed by atoms with Crippen molar-refractivity contribution in [3.05, 3.63) is 0 Å². The number of amides is 2. The first-order valence-corrected chi connectivity index (χ1v) is 12.0. The number of nitrogens with one attached hydrogen (secondary N) is 2. The number of ether oxygens (including phenoxy) is 1. The Kier molecular flexibility index (Phi) is 11.2. The SMILES string of the molecule is CCCCCCOCCCCCC(=O)CCCCC1SCC2NC(=O)NC21. The topological polar surface area (TPSA) is 67.4 Å². The van der Waals surface area contributed by atoms with E-state index >= 15 is 0 Å². The molecule has 0 saturated carbocycles. The van der Waals surface area contributed by atoms with Gasteiger partial charge in [0.1, 0.15) is 5.78 Å². The van der Waals surface area contributed by atoms with Crippen LogP contribution in [-0.4, -0.2) is 48.1 Å². The molecule has 0 aromatic rings. The molecule has 27 heavy (non-hydrogen) atoms. The highest BCUT2D eigenvalue weighted by atomic mass is 32.2. The average molecular weight is 399 g/mol. The summed E-state index contributed by atoms with van der Waals surface area (Å²) in [5.41, 5.74) is 0. The van der Waals surface area contributed by atoms with Gasteiger partial charge in [-0.05, 0) is 32.1 Å². The van der Waals surface area contributed by atoms with Crippen LogP contribution in [-0.2, 0) is 9.53 Å². The summed E-state index contributed by atoms with van der Waals surface area (Å²) >= 11 is 1.95. The van der Waals surface area contributed by atoms with Gasteiger partial charge < -0.3 is 15.4 Å². The minimum atomic E-state index is -0.0210. The molecule has 0 aromatic carbocycles. The number of rotatable bonds is 16. The van der Waals surface area contributed by atoms with Crippen molar-refractivity contribution in [2.24, 2.45) is 0 Å². The smallest absolute Gasteiger partial charge is 0.315 e. The Morgan fingerprint density at radius 3 is 2.44 bits per heavy atom. The minimum Gasteiger partial charge on any atom is -0.381 e. The molecular weight excluding hydrogens is 360 g/mol. The monoisotopic (exact) mass is 398 g/mol. The first kappa shape index (κ1) is 22.5. The number of carbonyl (C=O) groups is 2. The maximum atomic E-state index is 12.0. The van der Waals surface area contributed by atoms with Crippen molar-refractivity contribution < 1.29 is 14.3 Å². The predicted octanol–water partition coefficient (Wildman–Crippen LogP) is 4.44. The van der Waals surface area contributed by atoms with E-state index in [1.165, 1.54) is 25.7 Å². The fourth-order valence-corrected chi connectivity index (χ4v) is 5.42. The predicted molar refractivity (Wildman–Crippen MR) is 112 cm³/mol. The fraction of sp³-hybridized carbons (Fsp3) is 0.905. The van der Waals surface area contributed by atoms with Crippen LogP contribution in [0.3, 0.4) is 0 Å². The van der Waals surface area contributed by atoms with E-state index in [1.54, 1.807) is 0 Å². The standard InChI is InChI=1S/C21H38N2O3S/c1-2-3-4-9-14-26-15-10-5-6-11-17(24)12-7-8-13-19-20-18(16-27-19)22-21(25)23-20/h18-20H,2-16H2,1H3,(H2,22,23,25). The van der Waals surface area contributed by atoms with Crippen molar-refractivity contribution >= 4 is 23.6 Å². The lowest BCUT2D eigenvalue weighted by atomic mass is 10.0. The van der Waals surface area contributed by atoms with E-state index in [9.17, 15) is 9.59 Å². The molecular formula is C21H38N2O3S. The van der Waals surface area contributed by atoms with Crippen LogP contribution in [0.15, 0.2) is 0 Å². The minimum absolute atomic E-state index is 0.0210. The molecule has 2 heterocycles. The number of hydrogen-bond acceptors (Lipinski definition) is 4. The molecule has 2 N–H and O–H groups in total. The lowest BCUT2D eigenvalue weighted by molar-refractivity contribution is -0.119. The highest BCUT2D eigenvalue weighted by molar-refractivity contribution is 8.00. The van der Waals surface area contributed by atoms with Gasteiger partial charge in [0.05, 0.1) is 12.1 Å². The van der Waals surface area contributed by atoms with Gasteiger partial charge in [-0.1, -0.05) is 39.0 Å². The molecule has 0 aromatic heterocycles. The van der Waals surface area contributed by atoms with Gasteiger partial charge in [-0.2, -0.15) is 11.8 Å². The maximum Gasteiger partial charge on any atom is 0.315 e. The third-order valence-corrected chi connectivity index (χ3v) is 7.03. The fourth-order valence-electron chi connectivity index (χ4n) is 3.87.